The first-order valence-corrected chi connectivity index (χ1v) is 12.1. The van der Waals surface area contributed by atoms with E-state index in [9.17, 15) is 0 Å². The van der Waals surface area contributed by atoms with Gasteiger partial charge in [0.25, 0.3) is 0 Å². The fraction of sp³-hybridized carbons (Fsp3) is 0.111. The number of fused-ring (bicyclic) bond motifs is 8. The molecule has 4 aromatic rings. The molecule has 0 nitrogen and oxygen atoms in total. The molecule has 1 aliphatic carbocycles. The second-order valence-corrected chi connectivity index (χ2v) is 11.1. The van der Waals surface area contributed by atoms with Gasteiger partial charge in [-0.05, 0) is 45.9 Å². The van der Waals surface area contributed by atoms with Gasteiger partial charge in [-0.25, -0.2) is 0 Å². The Hall–Kier alpha value is -2.36. The number of hydrogen-bond donors (Lipinski definition) is 0. The van der Waals surface area contributed by atoms with E-state index in [4.69, 9.17) is 0 Å². The molecule has 7 rings (SSSR count). The van der Waals surface area contributed by atoms with E-state index in [0.717, 1.165) is 0 Å². The highest BCUT2D eigenvalue weighted by Crippen LogP contribution is 2.53. The largest absolute Gasteiger partial charge is 0.247 e. The summed E-state index contributed by atoms with van der Waals surface area (Å²) >= 11 is 3.91. The lowest BCUT2D eigenvalue weighted by molar-refractivity contribution is 0.660. The summed E-state index contributed by atoms with van der Waals surface area (Å²) in [6.45, 7) is 5.07. The Morgan fingerprint density at radius 2 is 1.37 bits per heavy atom. The lowest BCUT2D eigenvalue weighted by Gasteiger charge is -2.34. The second-order valence-electron chi connectivity index (χ2n) is 8.92. The molecule has 3 heteroatoms. The first-order chi connectivity index (χ1) is 14.6. The van der Waals surface area contributed by atoms with Crippen molar-refractivity contribution in [2.45, 2.75) is 38.8 Å². The van der Waals surface area contributed by atoms with Gasteiger partial charge in [0.15, 0.2) is 0 Å². The normalized spacial score (nSPS) is 16.3. The Morgan fingerprint density at radius 1 is 0.633 bits per heavy atom. The summed E-state index contributed by atoms with van der Waals surface area (Å²) in [5.74, 6) is 0. The fourth-order valence-corrected chi connectivity index (χ4v) is 8.19. The lowest BCUT2D eigenvalue weighted by Crippen LogP contribution is -2.58. The van der Waals surface area contributed by atoms with E-state index < -0.39 is 0 Å². The molecule has 0 atom stereocenters. The Bertz CT molecular complexity index is 1390. The van der Waals surface area contributed by atoms with Gasteiger partial charge in [-0.2, -0.15) is 0 Å². The number of hydrogen-bond acceptors (Lipinski definition) is 2. The molecular weight excluding hydrogens is 399 g/mol. The topological polar surface area (TPSA) is 0 Å². The number of rotatable bonds is 0. The van der Waals surface area contributed by atoms with Crippen molar-refractivity contribution in [2.75, 3.05) is 0 Å². The highest BCUT2D eigenvalue weighted by atomic mass is 32.2. The fourth-order valence-electron chi connectivity index (χ4n) is 5.62. The van der Waals surface area contributed by atoms with Gasteiger partial charge >= 0.3 is 0 Å². The van der Waals surface area contributed by atoms with Crippen LogP contribution in [0, 0.1) is 0 Å². The van der Waals surface area contributed by atoms with Crippen LogP contribution in [-0.4, -0.2) is 6.71 Å². The Balaban J connectivity index is 1.58. The highest BCUT2D eigenvalue weighted by Gasteiger charge is 2.43. The number of benzene rings is 4. The Morgan fingerprint density at radius 3 is 2.27 bits per heavy atom. The molecular formula is C27H19BS2. The molecule has 0 saturated carbocycles. The first-order valence-electron chi connectivity index (χ1n) is 10.5. The van der Waals surface area contributed by atoms with Gasteiger partial charge < -0.3 is 0 Å². The maximum absolute atomic E-state index is 2.42. The maximum atomic E-state index is 2.42. The molecule has 0 aromatic heterocycles. The van der Waals surface area contributed by atoms with E-state index in [1.54, 1.807) is 0 Å². The zero-order valence-corrected chi connectivity index (χ0v) is 18.5. The van der Waals surface area contributed by atoms with Crippen LogP contribution in [-0.2, 0) is 5.41 Å². The monoisotopic (exact) mass is 418 g/mol. The first kappa shape index (κ1) is 17.3. The minimum absolute atomic E-state index is 0.0456. The molecule has 0 amide bonds. The van der Waals surface area contributed by atoms with Crippen LogP contribution < -0.4 is 16.4 Å². The van der Waals surface area contributed by atoms with Crippen LogP contribution in [0.25, 0.3) is 11.1 Å². The summed E-state index contributed by atoms with van der Waals surface area (Å²) in [6.07, 6.45) is 0. The SMILES string of the molecule is CC1(C)c2ccccc2-c2c1ccc1c2Sc2cccc3c2B1c1ccccc1S3. The molecule has 3 aliphatic rings. The van der Waals surface area contributed by atoms with Crippen LogP contribution in [0.3, 0.4) is 0 Å². The minimum Gasteiger partial charge on any atom is -0.0911 e. The summed E-state index contributed by atoms with van der Waals surface area (Å²) in [7, 11) is 0. The summed E-state index contributed by atoms with van der Waals surface area (Å²) in [6, 6.07) is 29.7. The zero-order valence-electron chi connectivity index (χ0n) is 16.9. The van der Waals surface area contributed by atoms with Gasteiger partial charge in [-0.15, -0.1) is 0 Å². The van der Waals surface area contributed by atoms with E-state index in [2.05, 4.69) is 92.7 Å². The van der Waals surface area contributed by atoms with E-state index in [-0.39, 0.29) is 5.41 Å². The molecule has 0 radical (unpaired) electrons. The standard InChI is InChI=1S/C27H19BS2/c1-27(2)17-9-4-3-8-16(17)24-18(27)14-15-20-26(24)30-23-13-7-12-22-25(23)28(20)19-10-5-6-11-21(19)29-22/h3-15H,1-2H3. The summed E-state index contributed by atoms with van der Waals surface area (Å²) in [5, 5.41) is 0. The highest BCUT2D eigenvalue weighted by molar-refractivity contribution is 8.01. The summed E-state index contributed by atoms with van der Waals surface area (Å²) < 4.78 is 0. The average Bonchev–Trinajstić information content (AvgIpc) is 3.01. The summed E-state index contributed by atoms with van der Waals surface area (Å²) in [4.78, 5) is 5.69. The molecule has 2 aliphatic heterocycles. The smallest absolute Gasteiger partial charge is 0.0911 e. The summed E-state index contributed by atoms with van der Waals surface area (Å²) in [5.41, 5.74) is 10.3. The lowest BCUT2D eigenvalue weighted by atomic mass is 9.36. The molecule has 0 saturated heterocycles. The van der Waals surface area contributed by atoms with Crippen LogP contribution in [0.1, 0.15) is 25.0 Å². The third-order valence-electron chi connectivity index (χ3n) is 7.02. The van der Waals surface area contributed by atoms with Crippen molar-refractivity contribution in [3.8, 4) is 11.1 Å². The van der Waals surface area contributed by atoms with Gasteiger partial charge in [0, 0.05) is 25.0 Å². The van der Waals surface area contributed by atoms with Crippen molar-refractivity contribution in [1.82, 2.24) is 0 Å². The van der Waals surface area contributed by atoms with Crippen molar-refractivity contribution in [1.29, 1.82) is 0 Å². The molecule has 0 unspecified atom stereocenters. The van der Waals surface area contributed by atoms with Gasteiger partial charge in [0.1, 0.15) is 0 Å². The van der Waals surface area contributed by atoms with Crippen LogP contribution >= 0.6 is 23.5 Å². The van der Waals surface area contributed by atoms with Crippen molar-refractivity contribution in [2.24, 2.45) is 0 Å². The Labute approximate surface area is 186 Å². The minimum atomic E-state index is 0.0456. The Kier molecular flexibility index (Phi) is 3.39. The molecule has 0 spiro atoms. The van der Waals surface area contributed by atoms with Gasteiger partial charge in [-0.1, -0.05) is 109 Å². The molecule has 0 bridgehead atoms. The molecule has 142 valence electrons. The van der Waals surface area contributed by atoms with Crippen LogP contribution in [0.4, 0.5) is 0 Å². The van der Waals surface area contributed by atoms with Crippen LogP contribution in [0.5, 0.6) is 0 Å². The molecule has 2 heterocycles. The predicted molar refractivity (Wildman–Crippen MR) is 130 cm³/mol. The molecule has 0 fully saturated rings. The quantitative estimate of drug-likeness (QED) is 0.302. The predicted octanol–water partition coefficient (Wildman–Crippen LogP) is 5.44. The van der Waals surface area contributed by atoms with Crippen molar-refractivity contribution in [3.63, 3.8) is 0 Å². The van der Waals surface area contributed by atoms with Crippen LogP contribution in [0.15, 0.2) is 98.4 Å². The molecule has 0 N–H and O–H groups in total. The van der Waals surface area contributed by atoms with E-state index in [1.807, 2.05) is 23.5 Å². The van der Waals surface area contributed by atoms with E-state index in [0.29, 0.717) is 6.71 Å². The van der Waals surface area contributed by atoms with Gasteiger partial charge in [0.05, 0.1) is 0 Å². The van der Waals surface area contributed by atoms with Crippen molar-refractivity contribution < 1.29 is 0 Å². The molecule has 30 heavy (non-hydrogen) atoms. The third kappa shape index (κ3) is 2.07. The molecule has 4 aromatic carbocycles. The van der Waals surface area contributed by atoms with Gasteiger partial charge in [-0.3, -0.25) is 0 Å². The third-order valence-corrected chi connectivity index (χ3v) is 9.41. The van der Waals surface area contributed by atoms with Crippen molar-refractivity contribution >= 4 is 46.6 Å². The van der Waals surface area contributed by atoms with Crippen molar-refractivity contribution in [3.05, 3.63) is 90.0 Å². The van der Waals surface area contributed by atoms with E-state index >= 15 is 0 Å². The van der Waals surface area contributed by atoms with Crippen LogP contribution in [0.2, 0.25) is 0 Å². The van der Waals surface area contributed by atoms with Gasteiger partial charge in [0.2, 0.25) is 6.71 Å². The average molecular weight is 418 g/mol. The zero-order chi connectivity index (χ0) is 20.0. The second kappa shape index (κ2) is 5.87. The maximum Gasteiger partial charge on any atom is 0.247 e. The van der Waals surface area contributed by atoms with E-state index in [1.165, 1.54) is 58.2 Å².